The van der Waals surface area contributed by atoms with Gasteiger partial charge in [-0.1, -0.05) is 38.0 Å². The van der Waals surface area contributed by atoms with Crippen LogP contribution in [0.25, 0.3) is 0 Å². The van der Waals surface area contributed by atoms with E-state index in [0.29, 0.717) is 0 Å². The van der Waals surface area contributed by atoms with Crippen molar-refractivity contribution in [2.75, 3.05) is 6.16 Å². The molecule has 1 N–H and O–H groups in total. The Balaban J connectivity index is 3.13. The van der Waals surface area contributed by atoms with Crippen LogP contribution in [0.1, 0.15) is 32.6 Å². The van der Waals surface area contributed by atoms with E-state index in [1.54, 1.807) is 0 Å². The highest BCUT2D eigenvalue weighted by Crippen LogP contribution is 2.46. The van der Waals surface area contributed by atoms with Crippen LogP contribution in [0.15, 0.2) is 0 Å². The third-order valence-corrected chi connectivity index (χ3v) is 3.35. The Hall–Kier alpha value is 0.960. The van der Waals surface area contributed by atoms with E-state index >= 15 is 0 Å². The lowest BCUT2D eigenvalue weighted by molar-refractivity contribution is 0.626. The number of rotatable bonds is 5. The summed E-state index contributed by atoms with van der Waals surface area (Å²) in [5, 5.41) is 0. The third kappa shape index (κ3) is 8.96. The molecule has 0 radical (unpaired) electrons. The molecule has 1 atom stereocenters. The second kappa shape index (κ2) is 5.59. The van der Waals surface area contributed by atoms with Crippen molar-refractivity contribution in [3.05, 3.63) is 0 Å². The van der Waals surface area contributed by atoms with Gasteiger partial charge in [-0.15, -0.1) is 12.2 Å². The Labute approximate surface area is 73.5 Å². The molecule has 0 aromatic carbocycles. The maximum atomic E-state index is 9.11. The van der Waals surface area contributed by atoms with E-state index in [2.05, 4.69) is 19.2 Å². The van der Waals surface area contributed by atoms with Gasteiger partial charge in [-0.25, -0.2) is 0 Å². The summed E-state index contributed by atoms with van der Waals surface area (Å²) >= 11 is 8.70. The van der Waals surface area contributed by atoms with Crippen molar-refractivity contribution in [2.24, 2.45) is 0 Å². The first kappa shape index (κ1) is 11.0. The molecule has 0 saturated carbocycles. The Morgan fingerprint density at radius 3 is 2.40 bits per heavy atom. The maximum Gasteiger partial charge on any atom is 0.114 e. The van der Waals surface area contributed by atoms with Crippen LogP contribution in [-0.4, -0.2) is 11.1 Å². The van der Waals surface area contributed by atoms with Crippen molar-refractivity contribution in [1.29, 1.82) is 0 Å². The fourth-order valence-electron chi connectivity index (χ4n) is 0.745. The van der Waals surface area contributed by atoms with Crippen molar-refractivity contribution >= 4 is 29.5 Å². The molecule has 0 saturated heterocycles. The number of thiol groups is 1. The van der Waals surface area contributed by atoms with Crippen LogP contribution in [0.2, 0.25) is 0 Å². The minimum Gasteiger partial charge on any atom is -0.357 e. The van der Waals surface area contributed by atoms with Crippen molar-refractivity contribution < 1.29 is 4.89 Å². The van der Waals surface area contributed by atoms with Crippen LogP contribution in [0.3, 0.4) is 0 Å². The van der Waals surface area contributed by atoms with Crippen molar-refractivity contribution in [2.45, 2.75) is 32.6 Å². The summed E-state index contributed by atoms with van der Waals surface area (Å²) in [5.41, 5.74) is -2.18. The molecule has 0 aromatic rings. The zero-order valence-electron chi connectivity index (χ0n) is 6.29. The van der Waals surface area contributed by atoms with Gasteiger partial charge < -0.3 is 4.89 Å². The molecule has 0 aliphatic heterocycles. The van der Waals surface area contributed by atoms with E-state index in [1.165, 1.54) is 19.3 Å². The van der Waals surface area contributed by atoms with E-state index in [0.717, 1.165) is 12.6 Å². The highest BCUT2D eigenvalue weighted by atomic mass is 32.9. The van der Waals surface area contributed by atoms with Crippen LogP contribution in [-0.2, 0) is 11.8 Å². The highest BCUT2D eigenvalue weighted by Gasteiger charge is 2.03. The molecule has 0 amide bonds. The first-order valence-electron chi connectivity index (χ1n) is 3.61. The van der Waals surface area contributed by atoms with Crippen LogP contribution >= 0.6 is 17.7 Å². The standard InChI is InChI=1S/C6H15OPS2/c1-2-3-4-5-6-8(7,9)10/h2-6H2,1H3,(H2,7,9,10). The summed E-state index contributed by atoms with van der Waals surface area (Å²) in [4.78, 5) is 9.11. The van der Waals surface area contributed by atoms with Gasteiger partial charge in [0.25, 0.3) is 0 Å². The van der Waals surface area contributed by atoms with Crippen LogP contribution in [0.5, 0.6) is 0 Å². The molecular weight excluding hydrogens is 183 g/mol. The SMILES string of the molecule is CCCCCCP(O)(=S)S. The average molecular weight is 198 g/mol. The first-order valence-corrected chi connectivity index (χ1v) is 7.70. The zero-order valence-corrected chi connectivity index (χ0v) is 8.89. The fraction of sp³-hybridized carbons (Fsp3) is 1.00. The van der Waals surface area contributed by atoms with Gasteiger partial charge in [0.15, 0.2) is 0 Å². The largest absolute Gasteiger partial charge is 0.357 e. The Morgan fingerprint density at radius 2 is 2.00 bits per heavy atom. The minimum atomic E-state index is -2.18. The molecule has 1 unspecified atom stereocenters. The minimum absolute atomic E-state index is 0.728. The van der Waals surface area contributed by atoms with E-state index in [-0.39, 0.29) is 0 Å². The summed E-state index contributed by atoms with van der Waals surface area (Å²) in [6.45, 7) is 2.16. The Bertz CT molecular complexity index is 121. The smallest absolute Gasteiger partial charge is 0.114 e. The molecule has 0 aliphatic rings. The lowest BCUT2D eigenvalue weighted by atomic mass is 10.2. The van der Waals surface area contributed by atoms with E-state index < -0.39 is 5.47 Å². The number of hydrogen-bond acceptors (Lipinski definition) is 1. The number of unbranched alkanes of at least 4 members (excludes halogenated alkanes) is 3. The maximum absolute atomic E-state index is 9.11. The average Bonchev–Trinajstić information content (AvgIpc) is 1.78. The Morgan fingerprint density at radius 1 is 1.40 bits per heavy atom. The fourth-order valence-corrected chi connectivity index (χ4v) is 2.19. The van der Waals surface area contributed by atoms with Gasteiger partial charge in [0.05, 0.1) is 0 Å². The molecule has 1 nitrogen and oxygen atoms in total. The van der Waals surface area contributed by atoms with Crippen molar-refractivity contribution in [3.8, 4) is 0 Å². The quantitative estimate of drug-likeness (QED) is 0.402. The Kier molecular flexibility index (Phi) is 6.13. The molecule has 0 aromatic heterocycles. The van der Waals surface area contributed by atoms with Gasteiger partial charge in [-0.05, 0) is 6.42 Å². The van der Waals surface area contributed by atoms with Crippen LogP contribution in [0, 0.1) is 0 Å². The molecule has 0 heterocycles. The predicted octanol–water partition coefficient (Wildman–Crippen LogP) is 2.80. The molecule has 4 heteroatoms. The number of hydrogen-bond donors (Lipinski definition) is 2. The highest BCUT2D eigenvalue weighted by molar-refractivity contribution is 8.61. The second-order valence-electron chi connectivity index (χ2n) is 2.45. The molecule has 62 valence electrons. The molecular formula is C6H15OPS2. The van der Waals surface area contributed by atoms with Crippen LogP contribution < -0.4 is 0 Å². The third-order valence-electron chi connectivity index (χ3n) is 1.30. The molecule has 10 heavy (non-hydrogen) atoms. The zero-order chi connectivity index (χ0) is 8.04. The lowest BCUT2D eigenvalue weighted by Crippen LogP contribution is -1.82. The molecule has 0 rings (SSSR count). The van der Waals surface area contributed by atoms with Crippen molar-refractivity contribution in [1.82, 2.24) is 0 Å². The van der Waals surface area contributed by atoms with Gasteiger partial charge >= 0.3 is 0 Å². The van der Waals surface area contributed by atoms with Crippen LogP contribution in [0.4, 0.5) is 0 Å². The van der Waals surface area contributed by atoms with E-state index in [1.807, 2.05) is 0 Å². The van der Waals surface area contributed by atoms with Gasteiger partial charge in [-0.2, -0.15) is 0 Å². The predicted molar refractivity (Wildman–Crippen MR) is 54.5 cm³/mol. The van der Waals surface area contributed by atoms with E-state index in [9.17, 15) is 0 Å². The normalized spacial score (nSPS) is 16.7. The summed E-state index contributed by atoms with van der Waals surface area (Å²) in [5.74, 6) is 0. The second-order valence-corrected chi connectivity index (χ2v) is 8.83. The topological polar surface area (TPSA) is 20.2 Å². The van der Waals surface area contributed by atoms with Gasteiger partial charge in [0.1, 0.15) is 5.47 Å². The van der Waals surface area contributed by atoms with E-state index in [4.69, 9.17) is 16.7 Å². The molecule has 0 bridgehead atoms. The lowest BCUT2D eigenvalue weighted by Gasteiger charge is -2.05. The monoisotopic (exact) mass is 198 g/mol. The van der Waals surface area contributed by atoms with Gasteiger partial charge in [0, 0.05) is 6.16 Å². The van der Waals surface area contributed by atoms with Gasteiger partial charge in [-0.3, -0.25) is 0 Å². The summed E-state index contributed by atoms with van der Waals surface area (Å²) < 4.78 is 0. The summed E-state index contributed by atoms with van der Waals surface area (Å²) in [6, 6.07) is 0. The summed E-state index contributed by atoms with van der Waals surface area (Å²) in [7, 11) is 0. The molecule has 0 aliphatic carbocycles. The van der Waals surface area contributed by atoms with Crippen molar-refractivity contribution in [3.63, 3.8) is 0 Å². The first-order chi connectivity index (χ1) is 4.56. The molecule has 0 fully saturated rings. The summed E-state index contributed by atoms with van der Waals surface area (Å²) in [6.07, 6.45) is 5.40. The van der Waals surface area contributed by atoms with Gasteiger partial charge in [0.2, 0.25) is 0 Å². The molecule has 0 spiro atoms.